The molecule has 1 nitrogen and oxygen atoms in total. The van der Waals surface area contributed by atoms with E-state index < -0.39 is 11.7 Å². The zero-order chi connectivity index (χ0) is 14.6. The fourth-order valence-corrected chi connectivity index (χ4v) is 2.54. The minimum atomic E-state index is -4.27. The van der Waals surface area contributed by atoms with Gasteiger partial charge in [0.25, 0.3) is 0 Å². The summed E-state index contributed by atoms with van der Waals surface area (Å²) in [4.78, 5) is 0.212. The first kappa shape index (κ1) is 15.2. The first-order chi connectivity index (χ1) is 9.45. The minimum Gasteiger partial charge on any atom is -0.469 e. The number of rotatable bonds is 5. The quantitative estimate of drug-likeness (QED) is 0.675. The van der Waals surface area contributed by atoms with Gasteiger partial charge in [0.15, 0.2) is 0 Å². The third kappa shape index (κ3) is 4.40. The Morgan fingerprint density at radius 2 is 1.80 bits per heavy atom. The Balaban J connectivity index is 1.86. The van der Waals surface area contributed by atoms with Gasteiger partial charge in [-0.2, -0.15) is 13.2 Å². The SMILES string of the molecule is FC(F)(F)c1ccc(CC(Br)CCc2ccco2)cc1. The van der Waals surface area contributed by atoms with Crippen molar-refractivity contribution in [3.05, 3.63) is 59.5 Å². The second-order valence-electron chi connectivity index (χ2n) is 4.61. The van der Waals surface area contributed by atoms with Crippen LogP contribution >= 0.6 is 15.9 Å². The van der Waals surface area contributed by atoms with Crippen LogP contribution in [0.4, 0.5) is 13.2 Å². The standard InChI is InChI=1S/C15H14BrF3O/c16-13(7-8-14-2-1-9-20-14)10-11-3-5-12(6-4-11)15(17,18)19/h1-6,9,13H,7-8,10H2. The smallest absolute Gasteiger partial charge is 0.416 e. The summed E-state index contributed by atoms with van der Waals surface area (Å²) in [6.45, 7) is 0. The molecule has 0 fully saturated rings. The second-order valence-corrected chi connectivity index (χ2v) is 5.91. The van der Waals surface area contributed by atoms with E-state index in [2.05, 4.69) is 15.9 Å². The molecular weight excluding hydrogens is 333 g/mol. The highest BCUT2D eigenvalue weighted by Crippen LogP contribution is 2.29. The molecule has 1 unspecified atom stereocenters. The van der Waals surface area contributed by atoms with Crippen LogP contribution in [0, 0.1) is 0 Å². The van der Waals surface area contributed by atoms with Gasteiger partial charge in [0.1, 0.15) is 5.76 Å². The van der Waals surface area contributed by atoms with Crippen LogP contribution in [0.2, 0.25) is 0 Å². The lowest BCUT2D eigenvalue weighted by Gasteiger charge is -2.11. The van der Waals surface area contributed by atoms with Gasteiger partial charge in [-0.25, -0.2) is 0 Å². The number of halogens is 4. The second kappa shape index (κ2) is 6.48. The first-order valence-corrected chi connectivity index (χ1v) is 7.19. The van der Waals surface area contributed by atoms with Crippen LogP contribution in [0.5, 0.6) is 0 Å². The monoisotopic (exact) mass is 346 g/mol. The molecule has 2 rings (SSSR count). The van der Waals surface area contributed by atoms with Crippen LogP contribution < -0.4 is 0 Å². The van der Waals surface area contributed by atoms with E-state index >= 15 is 0 Å². The summed E-state index contributed by atoms with van der Waals surface area (Å²) in [7, 11) is 0. The fourth-order valence-electron chi connectivity index (χ4n) is 1.94. The zero-order valence-electron chi connectivity index (χ0n) is 10.7. The van der Waals surface area contributed by atoms with Gasteiger partial charge in [-0.3, -0.25) is 0 Å². The molecule has 1 heterocycles. The molecule has 0 saturated heterocycles. The first-order valence-electron chi connectivity index (χ1n) is 6.28. The summed E-state index contributed by atoms with van der Waals surface area (Å²) in [5, 5.41) is 0. The molecule has 20 heavy (non-hydrogen) atoms. The summed E-state index contributed by atoms with van der Waals surface area (Å²) in [5.74, 6) is 0.918. The summed E-state index contributed by atoms with van der Waals surface area (Å²) < 4.78 is 42.6. The van der Waals surface area contributed by atoms with E-state index in [0.29, 0.717) is 6.42 Å². The topological polar surface area (TPSA) is 13.1 Å². The van der Waals surface area contributed by atoms with Crippen molar-refractivity contribution >= 4 is 15.9 Å². The van der Waals surface area contributed by atoms with Crippen LogP contribution in [-0.4, -0.2) is 4.83 Å². The van der Waals surface area contributed by atoms with E-state index in [1.807, 2.05) is 12.1 Å². The van der Waals surface area contributed by atoms with Crippen molar-refractivity contribution in [2.45, 2.75) is 30.3 Å². The minimum absolute atomic E-state index is 0.212. The largest absolute Gasteiger partial charge is 0.469 e. The van der Waals surface area contributed by atoms with Gasteiger partial charge in [0.05, 0.1) is 11.8 Å². The Labute approximate surface area is 123 Å². The normalized spacial score (nSPS) is 13.4. The molecule has 1 aromatic carbocycles. The van der Waals surface area contributed by atoms with Gasteiger partial charge in [-0.1, -0.05) is 28.1 Å². The number of hydrogen-bond donors (Lipinski definition) is 0. The van der Waals surface area contributed by atoms with Crippen molar-refractivity contribution in [2.75, 3.05) is 0 Å². The zero-order valence-corrected chi connectivity index (χ0v) is 12.2. The van der Waals surface area contributed by atoms with Crippen LogP contribution in [0.1, 0.15) is 23.3 Å². The van der Waals surface area contributed by atoms with Gasteiger partial charge in [0, 0.05) is 11.2 Å². The third-order valence-corrected chi connectivity index (χ3v) is 3.80. The Bertz CT molecular complexity index is 517. The summed E-state index contributed by atoms with van der Waals surface area (Å²) in [5.41, 5.74) is 0.280. The van der Waals surface area contributed by atoms with E-state index in [9.17, 15) is 13.2 Å². The molecule has 5 heteroatoms. The van der Waals surface area contributed by atoms with E-state index in [1.54, 1.807) is 6.26 Å². The Morgan fingerprint density at radius 3 is 2.35 bits per heavy atom. The number of aryl methyl sites for hydroxylation is 1. The van der Waals surface area contributed by atoms with E-state index in [1.165, 1.54) is 12.1 Å². The van der Waals surface area contributed by atoms with E-state index in [0.717, 1.165) is 36.3 Å². The number of furan rings is 1. The molecule has 0 N–H and O–H groups in total. The van der Waals surface area contributed by atoms with Crippen molar-refractivity contribution in [3.8, 4) is 0 Å². The lowest BCUT2D eigenvalue weighted by molar-refractivity contribution is -0.137. The van der Waals surface area contributed by atoms with Gasteiger partial charge >= 0.3 is 6.18 Å². The lowest BCUT2D eigenvalue weighted by Crippen LogP contribution is -2.07. The highest BCUT2D eigenvalue weighted by Gasteiger charge is 2.29. The highest BCUT2D eigenvalue weighted by atomic mass is 79.9. The predicted octanol–water partition coefficient (Wildman–Crippen LogP) is 5.24. The average Bonchev–Trinajstić information content (AvgIpc) is 2.89. The molecule has 108 valence electrons. The maximum absolute atomic E-state index is 12.4. The van der Waals surface area contributed by atoms with Crippen molar-refractivity contribution in [1.82, 2.24) is 0 Å². The molecule has 0 saturated carbocycles. The summed E-state index contributed by atoms with van der Waals surface area (Å²) in [6, 6.07) is 9.07. The van der Waals surface area contributed by atoms with E-state index in [-0.39, 0.29) is 4.83 Å². The predicted molar refractivity (Wildman–Crippen MR) is 74.9 cm³/mol. The van der Waals surface area contributed by atoms with Crippen molar-refractivity contribution in [2.24, 2.45) is 0 Å². The Kier molecular flexibility index (Phi) is 4.91. The van der Waals surface area contributed by atoms with Crippen LogP contribution in [0.15, 0.2) is 47.1 Å². The van der Waals surface area contributed by atoms with Crippen molar-refractivity contribution in [1.29, 1.82) is 0 Å². The van der Waals surface area contributed by atoms with Gasteiger partial charge in [-0.15, -0.1) is 0 Å². The lowest BCUT2D eigenvalue weighted by atomic mass is 10.0. The Morgan fingerprint density at radius 1 is 1.10 bits per heavy atom. The Hall–Kier alpha value is -1.23. The average molecular weight is 347 g/mol. The number of hydrogen-bond acceptors (Lipinski definition) is 1. The molecular formula is C15H14BrF3O. The summed E-state index contributed by atoms with van der Waals surface area (Å²) >= 11 is 3.55. The van der Waals surface area contributed by atoms with Gasteiger partial charge < -0.3 is 4.42 Å². The maximum Gasteiger partial charge on any atom is 0.416 e. The van der Waals surface area contributed by atoms with Gasteiger partial charge in [-0.05, 0) is 42.7 Å². The number of alkyl halides is 4. The van der Waals surface area contributed by atoms with Crippen molar-refractivity contribution < 1.29 is 17.6 Å². The van der Waals surface area contributed by atoms with Crippen LogP contribution in [0.25, 0.3) is 0 Å². The van der Waals surface area contributed by atoms with Crippen LogP contribution in [-0.2, 0) is 19.0 Å². The number of benzene rings is 1. The third-order valence-electron chi connectivity index (χ3n) is 3.02. The maximum atomic E-state index is 12.4. The fraction of sp³-hybridized carbons (Fsp3) is 0.333. The highest BCUT2D eigenvalue weighted by molar-refractivity contribution is 9.09. The molecule has 0 aliphatic rings. The van der Waals surface area contributed by atoms with Crippen LogP contribution in [0.3, 0.4) is 0 Å². The van der Waals surface area contributed by atoms with Crippen molar-refractivity contribution in [3.63, 3.8) is 0 Å². The molecule has 0 aliphatic carbocycles. The molecule has 2 aromatic rings. The molecule has 0 aliphatic heterocycles. The molecule has 1 atom stereocenters. The molecule has 0 amide bonds. The molecule has 0 bridgehead atoms. The molecule has 0 spiro atoms. The van der Waals surface area contributed by atoms with Gasteiger partial charge in [0.2, 0.25) is 0 Å². The molecule has 1 aromatic heterocycles. The summed E-state index contributed by atoms with van der Waals surface area (Å²) in [6.07, 6.45) is -0.267. The molecule has 0 radical (unpaired) electrons. The van der Waals surface area contributed by atoms with E-state index in [4.69, 9.17) is 4.42 Å².